The summed E-state index contributed by atoms with van der Waals surface area (Å²) in [5.41, 5.74) is 2.82. The lowest BCUT2D eigenvalue weighted by Gasteiger charge is -1.98. The molecule has 0 aliphatic heterocycles. The third kappa shape index (κ3) is 1.38. The highest BCUT2D eigenvalue weighted by Gasteiger charge is 2.01. The Bertz CT molecular complexity index is 584. The number of H-pyrrole nitrogens is 1. The van der Waals surface area contributed by atoms with Gasteiger partial charge >= 0.3 is 0 Å². The molecule has 0 spiro atoms. The van der Waals surface area contributed by atoms with Crippen molar-refractivity contribution >= 4 is 11.0 Å². The standard InChI is InChI=1S/C12H9N3/c1-2-4-9(5-3-1)11-8-10-6-7-13-12(10)15-14-11/h1-8H,(H,13,15). The first-order valence-electron chi connectivity index (χ1n) is 4.80. The summed E-state index contributed by atoms with van der Waals surface area (Å²) in [4.78, 5) is 3.02. The van der Waals surface area contributed by atoms with Gasteiger partial charge in [-0.05, 0) is 12.1 Å². The monoisotopic (exact) mass is 195 g/mol. The first-order chi connectivity index (χ1) is 7.43. The second-order valence-corrected chi connectivity index (χ2v) is 3.38. The second kappa shape index (κ2) is 3.20. The number of fused-ring (bicyclic) bond motifs is 1. The van der Waals surface area contributed by atoms with Crippen molar-refractivity contribution in [3.05, 3.63) is 48.7 Å². The molecule has 15 heavy (non-hydrogen) atoms. The van der Waals surface area contributed by atoms with Gasteiger partial charge in [0.05, 0.1) is 5.69 Å². The van der Waals surface area contributed by atoms with Gasteiger partial charge in [-0.2, -0.15) is 0 Å². The Kier molecular flexibility index (Phi) is 1.75. The molecule has 0 aliphatic carbocycles. The van der Waals surface area contributed by atoms with E-state index in [1.165, 1.54) is 0 Å². The summed E-state index contributed by atoms with van der Waals surface area (Å²) in [6.07, 6.45) is 1.87. The molecule has 2 heterocycles. The molecule has 3 nitrogen and oxygen atoms in total. The normalized spacial score (nSPS) is 10.7. The van der Waals surface area contributed by atoms with Crippen LogP contribution in [-0.4, -0.2) is 15.2 Å². The fourth-order valence-corrected chi connectivity index (χ4v) is 1.61. The van der Waals surface area contributed by atoms with Crippen LogP contribution >= 0.6 is 0 Å². The first-order valence-corrected chi connectivity index (χ1v) is 4.80. The molecule has 0 fully saturated rings. The summed E-state index contributed by atoms with van der Waals surface area (Å²) in [6.45, 7) is 0. The fraction of sp³-hybridized carbons (Fsp3) is 0. The summed E-state index contributed by atoms with van der Waals surface area (Å²) < 4.78 is 0. The van der Waals surface area contributed by atoms with Crippen molar-refractivity contribution < 1.29 is 0 Å². The number of hydrogen-bond acceptors (Lipinski definition) is 2. The van der Waals surface area contributed by atoms with Crippen molar-refractivity contribution in [3.63, 3.8) is 0 Å². The molecule has 2 aromatic heterocycles. The van der Waals surface area contributed by atoms with E-state index in [0.717, 1.165) is 22.3 Å². The van der Waals surface area contributed by atoms with E-state index in [1.807, 2.05) is 48.7 Å². The molecule has 0 aliphatic rings. The highest BCUT2D eigenvalue weighted by atomic mass is 15.1. The maximum atomic E-state index is 4.17. The Balaban J connectivity index is 2.19. The zero-order chi connectivity index (χ0) is 10.1. The molecule has 1 N–H and O–H groups in total. The van der Waals surface area contributed by atoms with Crippen LogP contribution in [-0.2, 0) is 0 Å². The molecule has 0 amide bonds. The third-order valence-electron chi connectivity index (χ3n) is 2.38. The van der Waals surface area contributed by atoms with Crippen molar-refractivity contribution in [1.82, 2.24) is 15.2 Å². The molecule has 1 aromatic carbocycles. The van der Waals surface area contributed by atoms with E-state index in [0.29, 0.717) is 0 Å². The SMILES string of the molecule is c1ccc(-c2cc3cc[nH]c3nn2)cc1. The van der Waals surface area contributed by atoms with E-state index in [-0.39, 0.29) is 0 Å². The fourth-order valence-electron chi connectivity index (χ4n) is 1.61. The van der Waals surface area contributed by atoms with Crippen molar-refractivity contribution in [2.45, 2.75) is 0 Å². The van der Waals surface area contributed by atoms with Gasteiger partial charge in [0.1, 0.15) is 0 Å². The predicted molar refractivity (Wildman–Crippen MR) is 59.3 cm³/mol. The minimum Gasteiger partial charge on any atom is -0.345 e. The van der Waals surface area contributed by atoms with E-state index in [4.69, 9.17) is 0 Å². The lowest BCUT2D eigenvalue weighted by atomic mass is 10.1. The van der Waals surface area contributed by atoms with Gasteiger partial charge in [-0.25, -0.2) is 0 Å². The molecule has 0 bridgehead atoms. The molecule has 0 unspecified atom stereocenters. The van der Waals surface area contributed by atoms with Crippen LogP contribution in [0.2, 0.25) is 0 Å². The minimum atomic E-state index is 0.828. The number of aromatic amines is 1. The molecule has 3 rings (SSSR count). The minimum absolute atomic E-state index is 0.828. The summed E-state index contributed by atoms with van der Waals surface area (Å²) >= 11 is 0. The number of nitrogens with one attached hydrogen (secondary N) is 1. The maximum absolute atomic E-state index is 4.17. The van der Waals surface area contributed by atoms with Crippen molar-refractivity contribution in [1.29, 1.82) is 0 Å². The van der Waals surface area contributed by atoms with Gasteiger partial charge in [-0.15, -0.1) is 10.2 Å². The number of hydrogen-bond donors (Lipinski definition) is 1. The van der Waals surface area contributed by atoms with Crippen LogP contribution in [0.15, 0.2) is 48.7 Å². The van der Waals surface area contributed by atoms with Gasteiger partial charge in [-0.1, -0.05) is 30.3 Å². The quantitative estimate of drug-likeness (QED) is 0.648. The van der Waals surface area contributed by atoms with Crippen LogP contribution in [0.4, 0.5) is 0 Å². The summed E-state index contributed by atoms with van der Waals surface area (Å²) in [5.74, 6) is 0. The van der Waals surface area contributed by atoms with E-state index >= 15 is 0 Å². The highest BCUT2D eigenvalue weighted by molar-refractivity contribution is 5.79. The first kappa shape index (κ1) is 8.17. The van der Waals surface area contributed by atoms with Gasteiger partial charge in [-0.3, -0.25) is 0 Å². The van der Waals surface area contributed by atoms with Gasteiger partial charge < -0.3 is 4.98 Å². The van der Waals surface area contributed by atoms with Crippen molar-refractivity contribution in [2.24, 2.45) is 0 Å². The topological polar surface area (TPSA) is 41.6 Å². The molecule has 3 aromatic rings. The van der Waals surface area contributed by atoms with E-state index in [9.17, 15) is 0 Å². The second-order valence-electron chi connectivity index (χ2n) is 3.38. The van der Waals surface area contributed by atoms with E-state index in [1.54, 1.807) is 0 Å². The van der Waals surface area contributed by atoms with Crippen LogP contribution < -0.4 is 0 Å². The van der Waals surface area contributed by atoms with Crippen LogP contribution in [0, 0.1) is 0 Å². The Labute approximate surface area is 86.8 Å². The predicted octanol–water partition coefficient (Wildman–Crippen LogP) is 2.62. The smallest absolute Gasteiger partial charge is 0.159 e. The molecule has 3 heteroatoms. The average Bonchev–Trinajstić information content (AvgIpc) is 2.77. The number of rotatable bonds is 1. The van der Waals surface area contributed by atoms with Crippen LogP contribution in [0.5, 0.6) is 0 Å². The Morgan fingerprint density at radius 2 is 1.80 bits per heavy atom. The third-order valence-corrected chi connectivity index (χ3v) is 2.38. The lowest BCUT2D eigenvalue weighted by Crippen LogP contribution is -1.87. The zero-order valence-electron chi connectivity index (χ0n) is 8.01. The molecule has 0 saturated carbocycles. The van der Waals surface area contributed by atoms with Crippen LogP contribution in [0.1, 0.15) is 0 Å². The van der Waals surface area contributed by atoms with Gasteiger partial charge in [0.15, 0.2) is 5.65 Å². The summed E-state index contributed by atoms with van der Waals surface area (Å²) in [6, 6.07) is 14.1. The van der Waals surface area contributed by atoms with Gasteiger partial charge in [0.2, 0.25) is 0 Å². The lowest BCUT2D eigenvalue weighted by molar-refractivity contribution is 1.06. The zero-order valence-corrected chi connectivity index (χ0v) is 8.01. The molecule has 0 atom stereocenters. The number of nitrogens with zero attached hydrogens (tertiary/aromatic N) is 2. The maximum Gasteiger partial charge on any atom is 0.159 e. The summed E-state index contributed by atoms with van der Waals surface area (Å²) in [7, 11) is 0. The van der Waals surface area contributed by atoms with Crippen molar-refractivity contribution in [3.8, 4) is 11.3 Å². The number of aromatic nitrogens is 3. The molecule has 0 radical (unpaired) electrons. The molecular weight excluding hydrogens is 186 g/mol. The van der Waals surface area contributed by atoms with E-state index < -0.39 is 0 Å². The van der Waals surface area contributed by atoms with E-state index in [2.05, 4.69) is 15.2 Å². The van der Waals surface area contributed by atoms with Crippen LogP contribution in [0.3, 0.4) is 0 Å². The molecule has 72 valence electrons. The average molecular weight is 195 g/mol. The van der Waals surface area contributed by atoms with Gasteiger partial charge in [0, 0.05) is 17.1 Å². The van der Waals surface area contributed by atoms with Gasteiger partial charge in [0.25, 0.3) is 0 Å². The summed E-state index contributed by atoms with van der Waals surface area (Å²) in [5, 5.41) is 9.37. The molecular formula is C12H9N3. The highest BCUT2D eigenvalue weighted by Crippen LogP contribution is 2.18. The Morgan fingerprint density at radius 3 is 2.67 bits per heavy atom. The Hall–Kier alpha value is -2.16. The number of benzene rings is 1. The largest absolute Gasteiger partial charge is 0.345 e. The van der Waals surface area contributed by atoms with Crippen LogP contribution in [0.25, 0.3) is 22.3 Å². The van der Waals surface area contributed by atoms with Crippen molar-refractivity contribution in [2.75, 3.05) is 0 Å². The molecule has 0 saturated heterocycles. The Morgan fingerprint density at radius 1 is 0.933 bits per heavy atom.